The zero-order valence-corrected chi connectivity index (χ0v) is 12.5. The van der Waals surface area contributed by atoms with Crippen molar-refractivity contribution in [2.24, 2.45) is 5.92 Å². The Labute approximate surface area is 119 Å². The number of carboxylic acid groups (broad SMARTS) is 1. The monoisotopic (exact) mass is 279 g/mol. The normalized spacial score (nSPS) is 16.2. The zero-order valence-electron chi connectivity index (χ0n) is 11.7. The number of hydrogen-bond acceptors (Lipinski definition) is 3. The summed E-state index contributed by atoms with van der Waals surface area (Å²) in [6, 6.07) is 6.18. The van der Waals surface area contributed by atoms with Crippen LogP contribution in [0.2, 0.25) is 0 Å². The summed E-state index contributed by atoms with van der Waals surface area (Å²) < 4.78 is 0. The summed E-state index contributed by atoms with van der Waals surface area (Å²) in [6.07, 6.45) is 2.52. The molecule has 1 aliphatic rings. The molecule has 0 saturated heterocycles. The summed E-state index contributed by atoms with van der Waals surface area (Å²) in [4.78, 5) is 14.6. The number of nitrogens with zero attached hydrogens (tertiary/aromatic N) is 1. The first-order valence-electron chi connectivity index (χ1n) is 6.78. The number of carboxylic acids is 1. The van der Waals surface area contributed by atoms with Crippen LogP contribution in [-0.4, -0.2) is 29.9 Å². The Hall–Kier alpha value is -1.16. The van der Waals surface area contributed by atoms with Crippen LogP contribution in [0.5, 0.6) is 0 Å². The van der Waals surface area contributed by atoms with Gasteiger partial charge in [-0.1, -0.05) is 13.0 Å². The number of benzene rings is 1. The molecule has 19 heavy (non-hydrogen) atoms. The van der Waals surface area contributed by atoms with E-state index in [2.05, 4.69) is 11.8 Å². The molecule has 1 aromatic rings. The molecule has 104 valence electrons. The van der Waals surface area contributed by atoms with Gasteiger partial charge in [0.25, 0.3) is 0 Å². The average molecular weight is 279 g/mol. The largest absolute Gasteiger partial charge is 0.478 e. The highest BCUT2D eigenvalue weighted by Crippen LogP contribution is 2.38. The Morgan fingerprint density at radius 3 is 2.74 bits per heavy atom. The number of aromatic carboxylic acids is 1. The van der Waals surface area contributed by atoms with Crippen LogP contribution in [0.1, 0.15) is 37.0 Å². The van der Waals surface area contributed by atoms with Gasteiger partial charge in [-0.25, -0.2) is 4.79 Å². The lowest BCUT2D eigenvalue weighted by Crippen LogP contribution is -2.32. The molecule has 0 aromatic heterocycles. The fraction of sp³-hybridized carbons (Fsp3) is 0.533. The van der Waals surface area contributed by atoms with Crippen LogP contribution in [0.3, 0.4) is 0 Å². The molecular weight excluding hydrogens is 258 g/mol. The minimum absolute atomic E-state index is 0.403. The maximum absolute atomic E-state index is 11.6. The van der Waals surface area contributed by atoms with Gasteiger partial charge in [0.05, 0.1) is 11.3 Å². The number of thioether (sulfide) groups is 1. The third-order valence-corrected chi connectivity index (χ3v) is 4.75. The molecule has 0 aliphatic heterocycles. The SMILES string of the molecule is CCSc1cccc(N(C)C(C)C2CC2)c1C(=O)O. The van der Waals surface area contributed by atoms with Crippen LogP contribution in [0, 0.1) is 5.92 Å². The van der Waals surface area contributed by atoms with Crippen molar-refractivity contribution in [2.75, 3.05) is 17.7 Å². The van der Waals surface area contributed by atoms with Gasteiger partial charge in [-0.15, -0.1) is 11.8 Å². The highest BCUT2D eigenvalue weighted by molar-refractivity contribution is 7.99. The van der Waals surface area contributed by atoms with Gasteiger partial charge in [-0.05, 0) is 43.6 Å². The molecule has 0 amide bonds. The topological polar surface area (TPSA) is 40.5 Å². The Bertz CT molecular complexity index is 471. The van der Waals surface area contributed by atoms with Crippen molar-refractivity contribution in [3.8, 4) is 0 Å². The van der Waals surface area contributed by atoms with Gasteiger partial charge >= 0.3 is 5.97 Å². The second-order valence-corrected chi connectivity index (χ2v) is 6.38. The maximum Gasteiger partial charge on any atom is 0.338 e. The molecule has 0 radical (unpaired) electrons. The molecular formula is C15H21NO2S. The van der Waals surface area contributed by atoms with E-state index < -0.39 is 5.97 Å². The first-order valence-corrected chi connectivity index (χ1v) is 7.76. The van der Waals surface area contributed by atoms with Crippen molar-refractivity contribution in [3.05, 3.63) is 23.8 Å². The molecule has 4 heteroatoms. The van der Waals surface area contributed by atoms with Gasteiger partial charge in [-0.3, -0.25) is 0 Å². The first kappa shape index (κ1) is 14.3. The fourth-order valence-electron chi connectivity index (χ4n) is 2.42. The van der Waals surface area contributed by atoms with Crippen molar-refractivity contribution in [1.29, 1.82) is 0 Å². The Balaban J connectivity index is 2.37. The third-order valence-electron chi connectivity index (χ3n) is 3.81. The summed E-state index contributed by atoms with van der Waals surface area (Å²) >= 11 is 1.59. The summed E-state index contributed by atoms with van der Waals surface area (Å²) in [6.45, 7) is 4.22. The van der Waals surface area contributed by atoms with E-state index in [-0.39, 0.29) is 0 Å². The van der Waals surface area contributed by atoms with Gasteiger partial charge in [0.2, 0.25) is 0 Å². The zero-order chi connectivity index (χ0) is 14.0. The van der Waals surface area contributed by atoms with E-state index in [1.807, 2.05) is 32.2 Å². The number of rotatable bonds is 6. The van der Waals surface area contributed by atoms with Crippen molar-refractivity contribution in [1.82, 2.24) is 0 Å². The van der Waals surface area contributed by atoms with Crippen LogP contribution >= 0.6 is 11.8 Å². The Kier molecular flexibility index (Phi) is 4.40. The third kappa shape index (κ3) is 3.06. The molecule has 1 fully saturated rings. The predicted octanol–water partition coefficient (Wildman–Crippen LogP) is 3.73. The van der Waals surface area contributed by atoms with Crippen LogP contribution in [0.15, 0.2) is 23.1 Å². The minimum Gasteiger partial charge on any atom is -0.478 e. The van der Waals surface area contributed by atoms with E-state index in [0.29, 0.717) is 17.5 Å². The quantitative estimate of drug-likeness (QED) is 0.805. The average Bonchev–Trinajstić information content (AvgIpc) is 3.21. The lowest BCUT2D eigenvalue weighted by molar-refractivity contribution is 0.0694. The molecule has 1 saturated carbocycles. The molecule has 1 aliphatic carbocycles. The van der Waals surface area contributed by atoms with E-state index in [9.17, 15) is 9.90 Å². The second-order valence-electron chi connectivity index (χ2n) is 5.08. The highest BCUT2D eigenvalue weighted by atomic mass is 32.2. The standard InChI is InChI=1S/C15H21NO2S/c1-4-19-13-7-5-6-12(14(13)15(17)18)16(3)10(2)11-8-9-11/h5-7,10-11H,4,8-9H2,1-3H3,(H,17,18). The molecule has 0 bridgehead atoms. The summed E-state index contributed by atoms with van der Waals surface area (Å²) in [5.74, 6) is 0.765. The van der Waals surface area contributed by atoms with Crippen LogP contribution < -0.4 is 4.90 Å². The van der Waals surface area contributed by atoms with Crippen molar-refractivity contribution in [3.63, 3.8) is 0 Å². The molecule has 1 unspecified atom stereocenters. The maximum atomic E-state index is 11.6. The summed E-state index contributed by atoms with van der Waals surface area (Å²) in [5.41, 5.74) is 1.29. The highest BCUT2D eigenvalue weighted by Gasteiger charge is 2.32. The lowest BCUT2D eigenvalue weighted by atomic mass is 10.1. The molecule has 1 atom stereocenters. The minimum atomic E-state index is -0.832. The smallest absolute Gasteiger partial charge is 0.338 e. The molecule has 0 spiro atoms. The van der Waals surface area contributed by atoms with Gasteiger partial charge in [0.1, 0.15) is 0 Å². The first-order chi connectivity index (χ1) is 9.06. The molecule has 0 heterocycles. The van der Waals surface area contributed by atoms with E-state index in [1.54, 1.807) is 11.8 Å². The van der Waals surface area contributed by atoms with Crippen LogP contribution in [0.4, 0.5) is 5.69 Å². The number of anilines is 1. The van der Waals surface area contributed by atoms with Gasteiger partial charge < -0.3 is 10.0 Å². The van der Waals surface area contributed by atoms with Crippen molar-refractivity contribution < 1.29 is 9.90 Å². The van der Waals surface area contributed by atoms with E-state index in [4.69, 9.17) is 0 Å². The summed E-state index contributed by atoms with van der Waals surface area (Å²) in [5, 5.41) is 9.52. The Morgan fingerprint density at radius 2 is 2.21 bits per heavy atom. The second kappa shape index (κ2) is 5.87. The molecule has 1 N–H and O–H groups in total. The van der Waals surface area contributed by atoms with E-state index >= 15 is 0 Å². The van der Waals surface area contributed by atoms with Crippen LogP contribution in [0.25, 0.3) is 0 Å². The van der Waals surface area contributed by atoms with Crippen molar-refractivity contribution in [2.45, 2.75) is 37.6 Å². The lowest BCUT2D eigenvalue weighted by Gasteiger charge is -2.29. The van der Waals surface area contributed by atoms with Gasteiger partial charge in [0, 0.05) is 18.0 Å². The van der Waals surface area contributed by atoms with Gasteiger partial charge in [-0.2, -0.15) is 0 Å². The molecule has 3 nitrogen and oxygen atoms in total. The molecule has 1 aromatic carbocycles. The van der Waals surface area contributed by atoms with E-state index in [0.717, 1.165) is 16.3 Å². The molecule has 2 rings (SSSR count). The predicted molar refractivity (Wildman–Crippen MR) is 80.4 cm³/mol. The Morgan fingerprint density at radius 1 is 1.53 bits per heavy atom. The van der Waals surface area contributed by atoms with Gasteiger partial charge in [0.15, 0.2) is 0 Å². The van der Waals surface area contributed by atoms with Crippen LogP contribution in [-0.2, 0) is 0 Å². The van der Waals surface area contributed by atoms with Crippen molar-refractivity contribution >= 4 is 23.4 Å². The number of hydrogen-bond donors (Lipinski definition) is 1. The van der Waals surface area contributed by atoms with E-state index in [1.165, 1.54) is 12.8 Å². The number of carbonyl (C=O) groups is 1. The summed E-state index contributed by atoms with van der Waals surface area (Å²) in [7, 11) is 2.01. The fourth-order valence-corrected chi connectivity index (χ4v) is 3.24.